The molecular formula is C33H31FO8. The fraction of sp³-hybridized carbons (Fsp3) is 0.242. The van der Waals surface area contributed by atoms with Crippen molar-refractivity contribution in [2.75, 3.05) is 26.4 Å². The lowest BCUT2D eigenvalue weighted by Gasteiger charge is -2.11. The van der Waals surface area contributed by atoms with Crippen LogP contribution in [0, 0.1) is 0 Å². The van der Waals surface area contributed by atoms with Gasteiger partial charge in [0.25, 0.3) is 0 Å². The first-order chi connectivity index (χ1) is 20.3. The number of benzene rings is 3. The van der Waals surface area contributed by atoms with Crippen LogP contribution >= 0.6 is 0 Å². The van der Waals surface area contributed by atoms with Crippen molar-refractivity contribution < 1.29 is 42.5 Å². The van der Waals surface area contributed by atoms with Gasteiger partial charge in [-0.15, -0.1) is 0 Å². The number of fused-ring (bicyclic) bond motifs is 3. The van der Waals surface area contributed by atoms with Crippen LogP contribution in [0.25, 0.3) is 11.1 Å². The van der Waals surface area contributed by atoms with E-state index >= 15 is 0 Å². The molecule has 0 heterocycles. The molecule has 1 unspecified atom stereocenters. The van der Waals surface area contributed by atoms with Crippen molar-refractivity contribution in [3.05, 3.63) is 102 Å². The number of unbranched alkanes of at least 4 members (excludes halogenated alkanes) is 1. The first kappa shape index (κ1) is 30.0. The van der Waals surface area contributed by atoms with E-state index in [9.17, 15) is 18.8 Å². The number of hydrogen-bond donors (Lipinski definition) is 0. The molecule has 0 amide bonds. The number of hydrogen-bond acceptors (Lipinski definition) is 8. The Morgan fingerprint density at radius 3 is 2.12 bits per heavy atom. The van der Waals surface area contributed by atoms with Crippen molar-refractivity contribution in [1.82, 2.24) is 0 Å². The molecule has 0 fully saturated rings. The van der Waals surface area contributed by atoms with Gasteiger partial charge in [0.2, 0.25) is 5.83 Å². The normalized spacial score (nSPS) is 12.9. The summed E-state index contributed by atoms with van der Waals surface area (Å²) in [5.41, 5.74) is 4.69. The molecule has 4 rings (SSSR count). The first-order valence-corrected chi connectivity index (χ1v) is 13.4. The van der Waals surface area contributed by atoms with Crippen LogP contribution in [0.1, 0.15) is 47.2 Å². The van der Waals surface area contributed by atoms with Crippen LogP contribution in [0.4, 0.5) is 4.39 Å². The van der Waals surface area contributed by atoms with Crippen LogP contribution in [-0.2, 0) is 19.1 Å². The van der Waals surface area contributed by atoms with Crippen LogP contribution in [0.5, 0.6) is 17.2 Å². The average Bonchev–Trinajstić information content (AvgIpc) is 3.27. The topological polar surface area (TPSA) is 97.4 Å². The van der Waals surface area contributed by atoms with Gasteiger partial charge in [-0.25, -0.2) is 14.4 Å². The molecule has 0 saturated carbocycles. The predicted octanol–water partition coefficient (Wildman–Crippen LogP) is 6.33. The lowest BCUT2D eigenvalue weighted by atomic mass is 9.98. The number of esters is 3. The number of carbonyl (C=O) groups excluding carboxylic acids is 3. The molecule has 218 valence electrons. The summed E-state index contributed by atoms with van der Waals surface area (Å²) >= 11 is 0. The van der Waals surface area contributed by atoms with Gasteiger partial charge in [-0.05, 0) is 83.6 Å². The van der Waals surface area contributed by atoms with Crippen molar-refractivity contribution >= 4 is 17.9 Å². The van der Waals surface area contributed by atoms with Crippen molar-refractivity contribution in [2.45, 2.75) is 25.7 Å². The molecule has 1 atom stereocenters. The third-order valence-electron chi connectivity index (χ3n) is 6.59. The first-order valence-electron chi connectivity index (χ1n) is 13.4. The molecule has 0 spiro atoms. The smallest absolute Gasteiger partial charge is 0.366 e. The van der Waals surface area contributed by atoms with Gasteiger partial charge < -0.3 is 23.7 Å². The molecule has 8 nitrogen and oxygen atoms in total. The van der Waals surface area contributed by atoms with Crippen molar-refractivity contribution in [2.24, 2.45) is 0 Å². The third kappa shape index (κ3) is 7.63. The van der Waals surface area contributed by atoms with Crippen LogP contribution < -0.4 is 14.2 Å². The highest BCUT2D eigenvalue weighted by Crippen LogP contribution is 2.46. The fourth-order valence-electron chi connectivity index (χ4n) is 4.46. The highest BCUT2D eigenvalue weighted by molar-refractivity contribution is 5.93. The summed E-state index contributed by atoms with van der Waals surface area (Å²) in [5.74, 6) is -1.46. The van der Waals surface area contributed by atoms with Gasteiger partial charge in [0, 0.05) is 12.0 Å². The summed E-state index contributed by atoms with van der Waals surface area (Å²) in [7, 11) is 0. The highest BCUT2D eigenvalue weighted by Gasteiger charge is 2.27. The number of ether oxygens (including phenoxy) is 5. The van der Waals surface area contributed by atoms with E-state index in [1.54, 1.807) is 30.3 Å². The van der Waals surface area contributed by atoms with E-state index in [-0.39, 0.29) is 25.7 Å². The van der Waals surface area contributed by atoms with E-state index in [2.05, 4.69) is 20.1 Å². The Balaban J connectivity index is 1.30. The van der Waals surface area contributed by atoms with Gasteiger partial charge in [0.05, 0.1) is 18.8 Å². The minimum Gasteiger partial charge on any atom is -0.494 e. The standard InChI is InChI=1S/C33H31FO8/c1-4-31(35)40-18-17-39-24-8-10-25(11-9-24)42-33(37)23-7-13-27-28-14-12-26(20-30(28)21(2)29(27)19-23)38-15-5-6-16-41-32(36)22(3)34/h4,7-14,19-21H,1,3,5-6,15-18H2,2H3. The lowest BCUT2D eigenvalue weighted by molar-refractivity contribution is -0.141. The van der Waals surface area contributed by atoms with E-state index in [0.717, 1.165) is 28.3 Å². The Labute approximate surface area is 243 Å². The van der Waals surface area contributed by atoms with Gasteiger partial charge >= 0.3 is 17.9 Å². The molecular weight excluding hydrogens is 543 g/mol. The fourth-order valence-corrected chi connectivity index (χ4v) is 4.46. The van der Waals surface area contributed by atoms with Gasteiger partial charge in [-0.2, -0.15) is 4.39 Å². The minimum absolute atomic E-state index is 0.0432. The predicted molar refractivity (Wildman–Crippen MR) is 153 cm³/mol. The third-order valence-corrected chi connectivity index (χ3v) is 6.59. The monoisotopic (exact) mass is 574 g/mol. The van der Waals surface area contributed by atoms with E-state index < -0.39 is 23.7 Å². The lowest BCUT2D eigenvalue weighted by Crippen LogP contribution is -2.10. The molecule has 0 N–H and O–H groups in total. The highest BCUT2D eigenvalue weighted by atomic mass is 19.1. The molecule has 0 aliphatic heterocycles. The van der Waals surface area contributed by atoms with Gasteiger partial charge in [-0.1, -0.05) is 32.2 Å². The summed E-state index contributed by atoms with van der Waals surface area (Å²) in [6, 6.07) is 18.0. The zero-order valence-corrected chi connectivity index (χ0v) is 23.2. The molecule has 0 aromatic heterocycles. The summed E-state index contributed by atoms with van der Waals surface area (Å²) in [6.45, 7) is 9.10. The van der Waals surface area contributed by atoms with Crippen LogP contribution in [0.3, 0.4) is 0 Å². The van der Waals surface area contributed by atoms with E-state index in [1.807, 2.05) is 30.3 Å². The number of carbonyl (C=O) groups is 3. The van der Waals surface area contributed by atoms with E-state index in [4.69, 9.17) is 23.7 Å². The second-order valence-electron chi connectivity index (χ2n) is 9.45. The molecule has 9 heteroatoms. The Hall–Kier alpha value is -4.92. The maximum atomic E-state index is 12.9. The molecule has 42 heavy (non-hydrogen) atoms. The van der Waals surface area contributed by atoms with Crippen LogP contribution in [0.2, 0.25) is 0 Å². The Morgan fingerprint density at radius 1 is 0.786 bits per heavy atom. The summed E-state index contributed by atoms with van der Waals surface area (Å²) in [6.07, 6.45) is 2.26. The molecule has 0 radical (unpaired) electrons. The molecule has 3 aromatic rings. The van der Waals surface area contributed by atoms with E-state index in [0.29, 0.717) is 42.3 Å². The summed E-state index contributed by atoms with van der Waals surface area (Å²) in [5, 5.41) is 0. The zero-order valence-electron chi connectivity index (χ0n) is 23.2. The summed E-state index contributed by atoms with van der Waals surface area (Å²) < 4.78 is 39.2. The van der Waals surface area contributed by atoms with Crippen molar-refractivity contribution in [3.63, 3.8) is 0 Å². The molecule has 0 saturated heterocycles. The SMILES string of the molecule is C=CC(=O)OCCOc1ccc(OC(=O)c2ccc3c(c2)C(C)c2cc(OCCCCOC(=O)C(=C)F)ccc2-3)cc1. The molecule has 1 aliphatic carbocycles. The van der Waals surface area contributed by atoms with Gasteiger partial charge in [0.1, 0.15) is 30.5 Å². The average molecular weight is 575 g/mol. The summed E-state index contributed by atoms with van der Waals surface area (Å²) in [4.78, 5) is 35.0. The molecule has 1 aliphatic rings. The van der Waals surface area contributed by atoms with Gasteiger partial charge in [-0.3, -0.25) is 0 Å². The van der Waals surface area contributed by atoms with Gasteiger partial charge in [0.15, 0.2) is 0 Å². The maximum absolute atomic E-state index is 12.9. The zero-order chi connectivity index (χ0) is 30.1. The second-order valence-corrected chi connectivity index (χ2v) is 9.45. The van der Waals surface area contributed by atoms with Crippen molar-refractivity contribution in [1.29, 1.82) is 0 Å². The maximum Gasteiger partial charge on any atom is 0.366 e. The Bertz CT molecular complexity index is 1480. The quantitative estimate of drug-likeness (QED) is 0.0954. The van der Waals surface area contributed by atoms with Crippen molar-refractivity contribution in [3.8, 4) is 28.4 Å². The Kier molecular flexibility index (Phi) is 10.1. The minimum atomic E-state index is -1.11. The Morgan fingerprint density at radius 2 is 1.40 bits per heavy atom. The second kappa shape index (κ2) is 14.1. The van der Waals surface area contributed by atoms with Crippen LogP contribution in [-0.4, -0.2) is 44.3 Å². The number of halogens is 1. The largest absolute Gasteiger partial charge is 0.494 e. The number of rotatable bonds is 14. The molecule has 0 bridgehead atoms. The van der Waals surface area contributed by atoms with Crippen LogP contribution in [0.15, 0.2) is 85.7 Å². The van der Waals surface area contributed by atoms with E-state index in [1.165, 1.54) is 0 Å². The molecule has 3 aromatic carbocycles.